The smallest absolute Gasteiger partial charge is 0.360 e. The van der Waals surface area contributed by atoms with Crippen molar-refractivity contribution < 1.29 is 13.9 Å². The number of nitrogen functional groups attached to an aromatic ring is 1. The van der Waals surface area contributed by atoms with E-state index in [-0.39, 0.29) is 11.7 Å². The number of rotatable bonds is 4. The van der Waals surface area contributed by atoms with Crippen LogP contribution < -0.4 is 5.73 Å². The topological polar surface area (TPSA) is 83.3 Å². The molecule has 2 heterocycles. The fraction of sp³-hybridized carbons (Fsp3) is 0.467. The highest BCUT2D eigenvalue weighted by Gasteiger charge is 2.25. The maximum absolute atomic E-state index is 11.7. The molecule has 2 N–H and O–H groups in total. The van der Waals surface area contributed by atoms with Crippen molar-refractivity contribution in [3.63, 3.8) is 0 Å². The van der Waals surface area contributed by atoms with Crippen molar-refractivity contribution in [3.8, 4) is 0 Å². The molecule has 6 nitrogen and oxygen atoms in total. The summed E-state index contributed by atoms with van der Waals surface area (Å²) in [5.41, 5.74) is 7.32. The van der Waals surface area contributed by atoms with Crippen LogP contribution in [-0.2, 0) is 11.2 Å². The Bertz CT molecular complexity index is 670. The Morgan fingerprint density at radius 2 is 2.19 bits per heavy atom. The molecule has 1 unspecified atom stereocenters. The van der Waals surface area contributed by atoms with Crippen molar-refractivity contribution in [2.45, 2.75) is 40.2 Å². The Balaban J connectivity index is 2.54. The predicted molar refractivity (Wildman–Crippen MR) is 79.4 cm³/mol. The molecule has 0 aliphatic rings. The summed E-state index contributed by atoms with van der Waals surface area (Å²) < 4.78 is 12.2. The molecular weight excluding hydrogens is 270 g/mol. The van der Waals surface area contributed by atoms with Gasteiger partial charge >= 0.3 is 5.97 Å². The van der Waals surface area contributed by atoms with Gasteiger partial charge in [0.1, 0.15) is 23.2 Å². The van der Waals surface area contributed by atoms with Gasteiger partial charge in [0.15, 0.2) is 5.69 Å². The highest BCUT2D eigenvalue weighted by atomic mass is 16.5. The van der Waals surface area contributed by atoms with Crippen LogP contribution in [0.1, 0.15) is 53.3 Å². The molecule has 0 spiro atoms. The molecule has 2 aromatic rings. The second kappa shape index (κ2) is 5.63. The number of imidazole rings is 1. The normalized spacial score (nSPS) is 12.4. The number of nitrogens with two attached hydrogens (primary N) is 1. The molecule has 0 aromatic carbocycles. The highest BCUT2D eigenvalue weighted by Crippen LogP contribution is 2.30. The third-order valence-corrected chi connectivity index (χ3v) is 3.63. The lowest BCUT2D eigenvalue weighted by molar-refractivity contribution is 0.0595. The van der Waals surface area contributed by atoms with Gasteiger partial charge in [-0.3, -0.25) is 0 Å². The first-order chi connectivity index (χ1) is 9.90. The van der Waals surface area contributed by atoms with E-state index in [1.165, 1.54) is 7.11 Å². The average molecular weight is 291 g/mol. The van der Waals surface area contributed by atoms with Crippen LogP contribution in [0.5, 0.6) is 0 Å². The zero-order valence-corrected chi connectivity index (χ0v) is 13.1. The van der Waals surface area contributed by atoms with E-state index in [4.69, 9.17) is 14.9 Å². The summed E-state index contributed by atoms with van der Waals surface area (Å²) in [6, 6.07) is 1.92. The minimum atomic E-state index is -0.520. The lowest BCUT2D eigenvalue weighted by atomic mass is 10.1. The number of aromatic nitrogens is 2. The number of methoxy groups -OCH3 is 1. The van der Waals surface area contributed by atoms with E-state index in [1.54, 1.807) is 0 Å². The summed E-state index contributed by atoms with van der Waals surface area (Å²) in [5, 5.41) is 0. The van der Waals surface area contributed by atoms with Crippen molar-refractivity contribution in [1.82, 2.24) is 9.55 Å². The van der Waals surface area contributed by atoms with Crippen LogP contribution in [0, 0.1) is 13.8 Å². The minimum Gasteiger partial charge on any atom is -0.466 e. The first kappa shape index (κ1) is 15.2. The number of carbonyl (C=O) groups is 1. The van der Waals surface area contributed by atoms with Gasteiger partial charge in [-0.25, -0.2) is 9.78 Å². The van der Waals surface area contributed by atoms with Crippen LogP contribution in [0.4, 0.5) is 5.82 Å². The largest absolute Gasteiger partial charge is 0.466 e. The Hall–Kier alpha value is -2.24. The zero-order chi connectivity index (χ0) is 15.7. The van der Waals surface area contributed by atoms with Crippen molar-refractivity contribution in [2.75, 3.05) is 12.8 Å². The van der Waals surface area contributed by atoms with Gasteiger partial charge < -0.3 is 19.5 Å². The fourth-order valence-corrected chi connectivity index (χ4v) is 2.63. The highest BCUT2D eigenvalue weighted by molar-refractivity contribution is 5.92. The van der Waals surface area contributed by atoms with Crippen LogP contribution in [0.3, 0.4) is 0 Å². The van der Waals surface area contributed by atoms with Gasteiger partial charge in [-0.2, -0.15) is 0 Å². The SMILES string of the molecule is CCc1nc(C(=O)OC)c(N)n1C(C)c1cc(C)oc1C. The average Bonchev–Trinajstić information content (AvgIpc) is 2.96. The summed E-state index contributed by atoms with van der Waals surface area (Å²) in [5.74, 6) is 2.24. The molecule has 114 valence electrons. The third-order valence-electron chi connectivity index (χ3n) is 3.63. The Kier molecular flexibility index (Phi) is 4.06. The van der Waals surface area contributed by atoms with Crippen LogP contribution in [0.2, 0.25) is 0 Å². The second-order valence-electron chi connectivity index (χ2n) is 5.02. The number of hydrogen-bond donors (Lipinski definition) is 1. The van der Waals surface area contributed by atoms with Crippen molar-refractivity contribution >= 4 is 11.8 Å². The van der Waals surface area contributed by atoms with E-state index in [9.17, 15) is 4.79 Å². The summed E-state index contributed by atoms with van der Waals surface area (Å²) in [4.78, 5) is 16.1. The van der Waals surface area contributed by atoms with Crippen molar-refractivity contribution in [2.24, 2.45) is 0 Å². The summed E-state index contributed by atoms with van der Waals surface area (Å²) in [6.45, 7) is 7.80. The fourth-order valence-electron chi connectivity index (χ4n) is 2.63. The zero-order valence-electron chi connectivity index (χ0n) is 13.1. The van der Waals surface area contributed by atoms with Gasteiger partial charge in [0.05, 0.1) is 13.2 Å². The van der Waals surface area contributed by atoms with Crippen LogP contribution in [0.15, 0.2) is 10.5 Å². The quantitative estimate of drug-likeness (QED) is 0.875. The maximum Gasteiger partial charge on any atom is 0.360 e. The number of carbonyl (C=O) groups excluding carboxylic acids is 1. The standard InChI is InChI=1S/C15H21N3O3/c1-6-12-17-13(15(19)20-5)14(16)18(12)9(3)11-7-8(2)21-10(11)4/h7,9H,6,16H2,1-5H3. The maximum atomic E-state index is 11.7. The third kappa shape index (κ3) is 2.53. The molecule has 0 saturated heterocycles. The molecule has 1 atom stereocenters. The van der Waals surface area contributed by atoms with E-state index in [0.717, 1.165) is 22.9 Å². The number of aryl methyl sites for hydroxylation is 3. The number of ether oxygens (including phenoxy) is 1. The summed E-state index contributed by atoms with van der Waals surface area (Å²) in [6.07, 6.45) is 0.668. The Morgan fingerprint density at radius 3 is 2.67 bits per heavy atom. The number of anilines is 1. The molecule has 6 heteroatoms. The van der Waals surface area contributed by atoms with E-state index in [0.29, 0.717) is 12.2 Å². The number of nitrogens with zero attached hydrogens (tertiary/aromatic N) is 2. The van der Waals surface area contributed by atoms with E-state index in [1.807, 2.05) is 38.3 Å². The molecule has 21 heavy (non-hydrogen) atoms. The molecule has 0 saturated carbocycles. The lowest BCUT2D eigenvalue weighted by Gasteiger charge is -2.17. The molecule has 0 aliphatic heterocycles. The van der Waals surface area contributed by atoms with Gasteiger partial charge in [-0.05, 0) is 26.8 Å². The molecule has 0 bridgehead atoms. The van der Waals surface area contributed by atoms with Crippen molar-refractivity contribution in [1.29, 1.82) is 0 Å². The molecule has 0 aliphatic carbocycles. The van der Waals surface area contributed by atoms with Crippen LogP contribution in [0.25, 0.3) is 0 Å². The van der Waals surface area contributed by atoms with E-state index in [2.05, 4.69) is 4.98 Å². The van der Waals surface area contributed by atoms with Gasteiger partial charge in [0.25, 0.3) is 0 Å². The van der Waals surface area contributed by atoms with E-state index < -0.39 is 5.97 Å². The number of hydrogen-bond acceptors (Lipinski definition) is 5. The Morgan fingerprint density at radius 1 is 1.52 bits per heavy atom. The summed E-state index contributed by atoms with van der Waals surface area (Å²) >= 11 is 0. The van der Waals surface area contributed by atoms with Crippen LogP contribution in [-0.4, -0.2) is 22.6 Å². The van der Waals surface area contributed by atoms with Gasteiger partial charge in [0.2, 0.25) is 0 Å². The summed E-state index contributed by atoms with van der Waals surface area (Å²) in [7, 11) is 1.32. The molecule has 2 rings (SSSR count). The molecule has 0 amide bonds. The molecular formula is C15H21N3O3. The first-order valence-corrected chi connectivity index (χ1v) is 6.92. The second-order valence-corrected chi connectivity index (χ2v) is 5.02. The molecule has 0 fully saturated rings. The minimum absolute atomic E-state index is 0.0664. The predicted octanol–water partition coefficient (Wildman–Crippen LogP) is 2.63. The van der Waals surface area contributed by atoms with Gasteiger partial charge in [-0.15, -0.1) is 0 Å². The monoisotopic (exact) mass is 291 g/mol. The molecule has 0 radical (unpaired) electrons. The van der Waals surface area contributed by atoms with Gasteiger partial charge in [-0.1, -0.05) is 6.92 Å². The van der Waals surface area contributed by atoms with E-state index >= 15 is 0 Å². The first-order valence-electron chi connectivity index (χ1n) is 6.92. The molecule has 2 aromatic heterocycles. The Labute approximate surface area is 123 Å². The van der Waals surface area contributed by atoms with Crippen LogP contribution >= 0.6 is 0 Å². The van der Waals surface area contributed by atoms with Gasteiger partial charge in [0, 0.05) is 12.0 Å². The lowest BCUT2D eigenvalue weighted by Crippen LogP contribution is -2.14. The number of furan rings is 1. The van der Waals surface area contributed by atoms with Crippen molar-refractivity contribution in [3.05, 3.63) is 34.7 Å². The number of esters is 1.